The molecule has 96 valence electrons. The molecule has 0 saturated carbocycles. The number of hydrogen-bond donors (Lipinski definition) is 0. The lowest BCUT2D eigenvalue weighted by molar-refractivity contribution is 0.405. The number of para-hydroxylation sites is 1. The molecule has 0 aliphatic heterocycles. The van der Waals surface area contributed by atoms with Crippen molar-refractivity contribution < 1.29 is 4.74 Å². The smallest absolute Gasteiger partial charge is 0.161 e. The van der Waals surface area contributed by atoms with Crippen molar-refractivity contribution in [3.8, 4) is 5.75 Å². The lowest BCUT2D eigenvalue weighted by Crippen LogP contribution is -2.04. The van der Waals surface area contributed by atoms with Crippen molar-refractivity contribution in [2.75, 3.05) is 7.11 Å². The van der Waals surface area contributed by atoms with Gasteiger partial charge in [-0.15, -0.1) is 16.9 Å². The first-order valence-corrected chi connectivity index (χ1v) is 6.84. The van der Waals surface area contributed by atoms with Crippen LogP contribution >= 0.6 is 11.8 Å². The third kappa shape index (κ3) is 3.01. The van der Waals surface area contributed by atoms with Crippen molar-refractivity contribution >= 4 is 11.8 Å². The van der Waals surface area contributed by atoms with E-state index in [-0.39, 0.29) is 0 Å². The predicted molar refractivity (Wildman–Crippen MR) is 70.7 cm³/mol. The SMILES string of the molecule is CCCn1nnnc1CSc1ccccc1OC. The molecule has 0 saturated heterocycles. The molecule has 0 unspecified atom stereocenters. The van der Waals surface area contributed by atoms with Crippen LogP contribution in [0.15, 0.2) is 29.2 Å². The zero-order chi connectivity index (χ0) is 12.8. The highest BCUT2D eigenvalue weighted by Gasteiger charge is 2.08. The lowest BCUT2D eigenvalue weighted by atomic mass is 10.3. The first-order valence-electron chi connectivity index (χ1n) is 5.86. The Kier molecular flexibility index (Phi) is 4.58. The van der Waals surface area contributed by atoms with Crippen LogP contribution in [0, 0.1) is 0 Å². The maximum atomic E-state index is 5.31. The van der Waals surface area contributed by atoms with Crippen molar-refractivity contribution in [1.82, 2.24) is 20.2 Å². The number of aryl methyl sites for hydroxylation is 1. The molecular formula is C12H16N4OS. The first-order chi connectivity index (χ1) is 8.85. The van der Waals surface area contributed by atoms with Gasteiger partial charge in [0, 0.05) is 11.4 Å². The fourth-order valence-corrected chi connectivity index (χ4v) is 2.55. The summed E-state index contributed by atoms with van der Waals surface area (Å²) in [5.74, 6) is 2.53. The van der Waals surface area contributed by atoms with Gasteiger partial charge in [-0.2, -0.15) is 0 Å². The maximum Gasteiger partial charge on any atom is 0.161 e. The van der Waals surface area contributed by atoms with Crippen LogP contribution in [0.25, 0.3) is 0 Å². The third-order valence-corrected chi connectivity index (χ3v) is 3.52. The molecule has 2 aromatic rings. The summed E-state index contributed by atoms with van der Waals surface area (Å²) in [7, 11) is 1.68. The molecule has 5 nitrogen and oxygen atoms in total. The van der Waals surface area contributed by atoms with Crippen molar-refractivity contribution in [3.63, 3.8) is 0 Å². The van der Waals surface area contributed by atoms with Crippen molar-refractivity contribution in [1.29, 1.82) is 0 Å². The van der Waals surface area contributed by atoms with E-state index < -0.39 is 0 Å². The number of aromatic nitrogens is 4. The van der Waals surface area contributed by atoms with E-state index in [0.717, 1.165) is 35.2 Å². The highest BCUT2D eigenvalue weighted by atomic mass is 32.2. The highest BCUT2D eigenvalue weighted by molar-refractivity contribution is 7.98. The van der Waals surface area contributed by atoms with Gasteiger partial charge in [0.05, 0.1) is 12.9 Å². The van der Waals surface area contributed by atoms with Gasteiger partial charge < -0.3 is 4.74 Å². The molecule has 2 rings (SSSR count). The van der Waals surface area contributed by atoms with Crippen LogP contribution in [-0.4, -0.2) is 27.3 Å². The van der Waals surface area contributed by atoms with Crippen LogP contribution in [-0.2, 0) is 12.3 Å². The van der Waals surface area contributed by atoms with Crippen molar-refractivity contribution in [3.05, 3.63) is 30.1 Å². The van der Waals surface area contributed by atoms with Crippen LogP contribution < -0.4 is 4.74 Å². The van der Waals surface area contributed by atoms with Gasteiger partial charge in [0.2, 0.25) is 0 Å². The predicted octanol–water partition coefficient (Wildman–Crippen LogP) is 2.38. The fourth-order valence-electron chi connectivity index (χ4n) is 1.59. The Morgan fingerprint density at radius 3 is 2.94 bits per heavy atom. The standard InChI is InChI=1S/C12H16N4OS/c1-3-8-16-12(13-14-15-16)9-18-11-7-5-4-6-10(11)17-2/h4-7H,3,8-9H2,1-2H3. The van der Waals surface area contributed by atoms with Crippen LogP contribution in [0.3, 0.4) is 0 Å². The zero-order valence-corrected chi connectivity index (χ0v) is 11.4. The minimum absolute atomic E-state index is 0.743. The topological polar surface area (TPSA) is 52.8 Å². The minimum atomic E-state index is 0.743. The maximum absolute atomic E-state index is 5.31. The second-order valence-corrected chi connectivity index (χ2v) is 4.77. The summed E-state index contributed by atoms with van der Waals surface area (Å²) in [5.41, 5.74) is 0. The van der Waals surface area contributed by atoms with Gasteiger partial charge >= 0.3 is 0 Å². The van der Waals surface area contributed by atoms with E-state index in [4.69, 9.17) is 4.74 Å². The molecule has 6 heteroatoms. The van der Waals surface area contributed by atoms with Gasteiger partial charge in [-0.1, -0.05) is 19.1 Å². The normalized spacial score (nSPS) is 10.6. The largest absolute Gasteiger partial charge is 0.496 e. The van der Waals surface area contributed by atoms with Gasteiger partial charge in [-0.05, 0) is 29.0 Å². The monoisotopic (exact) mass is 264 g/mol. The molecule has 0 bridgehead atoms. The minimum Gasteiger partial charge on any atom is -0.496 e. The number of benzene rings is 1. The molecule has 0 fully saturated rings. The Morgan fingerprint density at radius 1 is 1.33 bits per heavy atom. The molecule has 1 aromatic carbocycles. The van der Waals surface area contributed by atoms with Crippen LogP contribution in [0.4, 0.5) is 0 Å². The Labute approximate surface area is 111 Å². The van der Waals surface area contributed by atoms with Gasteiger partial charge in [0.15, 0.2) is 5.82 Å². The Morgan fingerprint density at radius 2 is 2.17 bits per heavy atom. The third-order valence-electron chi connectivity index (χ3n) is 2.47. The van der Waals surface area contributed by atoms with Gasteiger partial charge in [0.1, 0.15) is 5.75 Å². The van der Waals surface area contributed by atoms with E-state index in [0.29, 0.717) is 0 Å². The van der Waals surface area contributed by atoms with Gasteiger partial charge in [0.25, 0.3) is 0 Å². The van der Waals surface area contributed by atoms with Gasteiger partial charge in [-0.3, -0.25) is 0 Å². The molecule has 0 radical (unpaired) electrons. The molecule has 1 heterocycles. The molecule has 0 amide bonds. The molecule has 18 heavy (non-hydrogen) atoms. The second kappa shape index (κ2) is 6.39. The molecule has 0 aliphatic rings. The van der Waals surface area contributed by atoms with E-state index in [1.54, 1.807) is 18.9 Å². The van der Waals surface area contributed by atoms with E-state index in [1.807, 2.05) is 28.9 Å². The average molecular weight is 264 g/mol. The molecular weight excluding hydrogens is 248 g/mol. The number of ether oxygens (including phenoxy) is 1. The number of hydrogen-bond acceptors (Lipinski definition) is 5. The van der Waals surface area contributed by atoms with Crippen molar-refractivity contribution in [2.24, 2.45) is 0 Å². The average Bonchev–Trinajstić information content (AvgIpc) is 2.84. The first kappa shape index (κ1) is 12.9. The Hall–Kier alpha value is -1.56. The molecule has 0 spiro atoms. The van der Waals surface area contributed by atoms with E-state index in [2.05, 4.69) is 22.4 Å². The number of nitrogens with zero attached hydrogens (tertiary/aromatic N) is 4. The summed E-state index contributed by atoms with van der Waals surface area (Å²) in [4.78, 5) is 1.10. The molecule has 0 atom stereocenters. The highest BCUT2D eigenvalue weighted by Crippen LogP contribution is 2.30. The quantitative estimate of drug-likeness (QED) is 0.750. The van der Waals surface area contributed by atoms with Crippen LogP contribution in [0.5, 0.6) is 5.75 Å². The van der Waals surface area contributed by atoms with E-state index in [9.17, 15) is 0 Å². The summed E-state index contributed by atoms with van der Waals surface area (Å²) < 4.78 is 7.16. The Balaban J connectivity index is 2.04. The fraction of sp³-hybridized carbons (Fsp3) is 0.417. The lowest BCUT2D eigenvalue weighted by Gasteiger charge is -2.07. The second-order valence-electron chi connectivity index (χ2n) is 3.76. The summed E-state index contributed by atoms with van der Waals surface area (Å²) in [6.07, 6.45) is 1.03. The molecule has 0 aliphatic carbocycles. The number of methoxy groups -OCH3 is 1. The number of rotatable bonds is 6. The van der Waals surface area contributed by atoms with E-state index >= 15 is 0 Å². The number of thioether (sulfide) groups is 1. The van der Waals surface area contributed by atoms with Gasteiger partial charge in [-0.25, -0.2) is 4.68 Å². The summed E-state index contributed by atoms with van der Waals surface area (Å²) in [6, 6.07) is 7.96. The summed E-state index contributed by atoms with van der Waals surface area (Å²) in [5, 5.41) is 11.7. The number of tetrazole rings is 1. The summed E-state index contributed by atoms with van der Waals surface area (Å²) in [6.45, 7) is 2.97. The molecule has 0 N–H and O–H groups in total. The van der Waals surface area contributed by atoms with E-state index in [1.165, 1.54) is 0 Å². The Bertz CT molecular complexity index is 500. The zero-order valence-electron chi connectivity index (χ0n) is 10.5. The van der Waals surface area contributed by atoms with Crippen LogP contribution in [0.1, 0.15) is 19.2 Å². The van der Waals surface area contributed by atoms with Crippen molar-refractivity contribution in [2.45, 2.75) is 30.5 Å². The molecule has 1 aromatic heterocycles. The summed E-state index contributed by atoms with van der Waals surface area (Å²) >= 11 is 1.68. The van der Waals surface area contributed by atoms with Crippen LogP contribution in [0.2, 0.25) is 0 Å².